The standard InChI is InChI=1S/C23H28N2O4/c1-18(28-20-10-5-3-6-11-20)22(26)24-14-9-15-25(17-16-24)23(27)19(2)29-21-12-7-4-8-13-21/h3-8,10-13,18-19H,9,14-17H2,1-2H3/t18-,19-/m0/s1. The highest BCUT2D eigenvalue weighted by Crippen LogP contribution is 2.15. The molecule has 154 valence electrons. The number of ether oxygens (including phenoxy) is 2. The van der Waals surface area contributed by atoms with Gasteiger partial charge < -0.3 is 19.3 Å². The molecular formula is C23H28N2O4. The average molecular weight is 396 g/mol. The number of para-hydroxylation sites is 2. The second kappa shape index (κ2) is 9.96. The fraction of sp³-hybridized carbons (Fsp3) is 0.391. The van der Waals surface area contributed by atoms with Crippen LogP contribution in [0.2, 0.25) is 0 Å². The van der Waals surface area contributed by atoms with Gasteiger partial charge in [0.1, 0.15) is 11.5 Å². The third-order valence-corrected chi connectivity index (χ3v) is 4.93. The summed E-state index contributed by atoms with van der Waals surface area (Å²) in [6, 6.07) is 18.6. The van der Waals surface area contributed by atoms with Crippen LogP contribution >= 0.6 is 0 Å². The van der Waals surface area contributed by atoms with Crippen molar-refractivity contribution in [3.63, 3.8) is 0 Å². The second-order valence-corrected chi connectivity index (χ2v) is 7.15. The number of carbonyl (C=O) groups is 2. The van der Waals surface area contributed by atoms with Gasteiger partial charge in [-0.15, -0.1) is 0 Å². The molecule has 1 saturated heterocycles. The highest BCUT2D eigenvalue weighted by molar-refractivity contribution is 5.82. The van der Waals surface area contributed by atoms with Crippen LogP contribution in [0.25, 0.3) is 0 Å². The van der Waals surface area contributed by atoms with Crippen LogP contribution in [-0.2, 0) is 9.59 Å². The molecule has 0 radical (unpaired) electrons. The third-order valence-electron chi connectivity index (χ3n) is 4.93. The molecule has 29 heavy (non-hydrogen) atoms. The van der Waals surface area contributed by atoms with E-state index in [1.165, 1.54) is 0 Å². The van der Waals surface area contributed by atoms with E-state index >= 15 is 0 Å². The fourth-order valence-corrected chi connectivity index (χ4v) is 3.38. The van der Waals surface area contributed by atoms with E-state index in [4.69, 9.17) is 9.47 Å². The Bertz CT molecular complexity index is 730. The molecule has 0 aliphatic carbocycles. The number of hydrogen-bond acceptors (Lipinski definition) is 4. The van der Waals surface area contributed by atoms with Gasteiger partial charge in [-0.05, 0) is 44.5 Å². The predicted molar refractivity (Wildman–Crippen MR) is 111 cm³/mol. The zero-order valence-corrected chi connectivity index (χ0v) is 17.0. The minimum absolute atomic E-state index is 0.0586. The molecule has 0 saturated carbocycles. The van der Waals surface area contributed by atoms with E-state index in [0.717, 1.165) is 6.42 Å². The van der Waals surface area contributed by atoms with Crippen LogP contribution in [0.5, 0.6) is 11.5 Å². The maximum absolute atomic E-state index is 12.8. The van der Waals surface area contributed by atoms with Crippen LogP contribution in [0.4, 0.5) is 0 Å². The fourth-order valence-electron chi connectivity index (χ4n) is 3.38. The summed E-state index contributed by atoms with van der Waals surface area (Å²) in [4.78, 5) is 29.1. The van der Waals surface area contributed by atoms with Crippen molar-refractivity contribution in [1.82, 2.24) is 9.80 Å². The summed E-state index contributed by atoms with van der Waals surface area (Å²) in [5, 5.41) is 0. The normalized spacial score (nSPS) is 16.5. The van der Waals surface area contributed by atoms with Gasteiger partial charge in [-0.1, -0.05) is 36.4 Å². The van der Waals surface area contributed by atoms with Crippen molar-refractivity contribution in [1.29, 1.82) is 0 Å². The van der Waals surface area contributed by atoms with Crippen molar-refractivity contribution in [3.05, 3.63) is 60.7 Å². The summed E-state index contributed by atoms with van der Waals surface area (Å²) >= 11 is 0. The van der Waals surface area contributed by atoms with E-state index in [0.29, 0.717) is 37.7 Å². The van der Waals surface area contributed by atoms with Gasteiger partial charge in [-0.2, -0.15) is 0 Å². The van der Waals surface area contributed by atoms with E-state index < -0.39 is 12.2 Å². The Morgan fingerprint density at radius 2 is 1.07 bits per heavy atom. The van der Waals surface area contributed by atoms with E-state index in [1.54, 1.807) is 23.6 Å². The Hall–Kier alpha value is -3.02. The maximum atomic E-state index is 12.8. The molecule has 3 rings (SSSR count). The van der Waals surface area contributed by atoms with Crippen LogP contribution in [0, 0.1) is 0 Å². The summed E-state index contributed by atoms with van der Waals surface area (Å²) < 4.78 is 11.5. The van der Waals surface area contributed by atoms with Gasteiger partial charge in [-0.3, -0.25) is 9.59 Å². The Labute approximate surface area is 172 Å². The number of rotatable bonds is 6. The highest BCUT2D eigenvalue weighted by atomic mass is 16.5. The lowest BCUT2D eigenvalue weighted by atomic mass is 10.3. The van der Waals surface area contributed by atoms with Gasteiger partial charge in [0.2, 0.25) is 0 Å². The molecule has 1 fully saturated rings. The molecule has 1 heterocycles. The van der Waals surface area contributed by atoms with Gasteiger partial charge >= 0.3 is 0 Å². The molecule has 1 aliphatic heterocycles. The Morgan fingerprint density at radius 1 is 0.690 bits per heavy atom. The molecule has 2 atom stereocenters. The first-order chi connectivity index (χ1) is 14.0. The molecule has 6 heteroatoms. The SMILES string of the molecule is C[C@H](Oc1ccccc1)C(=O)N1CCCN(C(=O)[C@H](C)Oc2ccccc2)CC1. The molecule has 2 aromatic rings. The van der Waals surface area contributed by atoms with Crippen LogP contribution in [-0.4, -0.2) is 60.0 Å². The molecule has 1 aliphatic rings. The van der Waals surface area contributed by atoms with Crippen LogP contribution in [0.15, 0.2) is 60.7 Å². The van der Waals surface area contributed by atoms with E-state index in [2.05, 4.69) is 0 Å². The number of hydrogen-bond donors (Lipinski definition) is 0. The van der Waals surface area contributed by atoms with E-state index in [9.17, 15) is 9.59 Å². The Balaban J connectivity index is 1.52. The van der Waals surface area contributed by atoms with Gasteiger partial charge in [0.15, 0.2) is 12.2 Å². The van der Waals surface area contributed by atoms with Crippen molar-refractivity contribution in [2.24, 2.45) is 0 Å². The van der Waals surface area contributed by atoms with Gasteiger partial charge in [0, 0.05) is 26.2 Å². The first-order valence-corrected chi connectivity index (χ1v) is 10.1. The summed E-state index contributed by atoms with van der Waals surface area (Å²) in [5.41, 5.74) is 0. The first kappa shape index (κ1) is 20.7. The lowest BCUT2D eigenvalue weighted by Crippen LogP contribution is -2.45. The third kappa shape index (κ3) is 5.73. The first-order valence-electron chi connectivity index (χ1n) is 10.1. The minimum Gasteiger partial charge on any atom is -0.481 e. The molecule has 0 unspecified atom stereocenters. The van der Waals surface area contributed by atoms with E-state index in [1.807, 2.05) is 60.7 Å². The molecule has 2 aromatic carbocycles. The largest absolute Gasteiger partial charge is 0.481 e. The summed E-state index contributed by atoms with van der Waals surface area (Å²) in [5.74, 6) is 1.23. The number of nitrogens with zero attached hydrogens (tertiary/aromatic N) is 2. The zero-order chi connectivity index (χ0) is 20.6. The van der Waals surface area contributed by atoms with Gasteiger partial charge in [0.05, 0.1) is 0 Å². The number of amides is 2. The molecular weight excluding hydrogens is 368 g/mol. The topological polar surface area (TPSA) is 59.1 Å². The molecule has 0 N–H and O–H groups in total. The Morgan fingerprint density at radius 3 is 1.45 bits per heavy atom. The predicted octanol–water partition coefficient (Wildman–Crippen LogP) is 2.98. The zero-order valence-electron chi connectivity index (χ0n) is 17.0. The lowest BCUT2D eigenvalue weighted by Gasteiger charge is -2.26. The molecule has 0 bridgehead atoms. The van der Waals surface area contributed by atoms with Crippen LogP contribution in [0.1, 0.15) is 20.3 Å². The van der Waals surface area contributed by atoms with E-state index in [-0.39, 0.29) is 11.8 Å². The van der Waals surface area contributed by atoms with Crippen LogP contribution in [0.3, 0.4) is 0 Å². The lowest BCUT2D eigenvalue weighted by molar-refractivity contribution is -0.140. The van der Waals surface area contributed by atoms with Crippen LogP contribution < -0.4 is 9.47 Å². The van der Waals surface area contributed by atoms with Gasteiger partial charge in [0.25, 0.3) is 11.8 Å². The van der Waals surface area contributed by atoms with Crippen molar-refractivity contribution in [3.8, 4) is 11.5 Å². The number of carbonyl (C=O) groups excluding carboxylic acids is 2. The smallest absolute Gasteiger partial charge is 0.263 e. The monoisotopic (exact) mass is 396 g/mol. The average Bonchev–Trinajstić information content (AvgIpc) is 3.00. The number of benzene rings is 2. The van der Waals surface area contributed by atoms with Gasteiger partial charge in [-0.25, -0.2) is 0 Å². The summed E-state index contributed by atoms with van der Waals surface area (Å²) in [7, 11) is 0. The minimum atomic E-state index is -0.569. The van der Waals surface area contributed by atoms with Crippen molar-refractivity contribution in [2.75, 3.05) is 26.2 Å². The quantitative estimate of drug-likeness (QED) is 0.753. The second-order valence-electron chi connectivity index (χ2n) is 7.15. The molecule has 6 nitrogen and oxygen atoms in total. The van der Waals surface area contributed by atoms with Crippen molar-refractivity contribution >= 4 is 11.8 Å². The summed E-state index contributed by atoms with van der Waals surface area (Å²) in [6.45, 7) is 5.73. The Kier molecular flexibility index (Phi) is 7.11. The maximum Gasteiger partial charge on any atom is 0.263 e. The highest BCUT2D eigenvalue weighted by Gasteiger charge is 2.28. The van der Waals surface area contributed by atoms with Crippen molar-refractivity contribution in [2.45, 2.75) is 32.5 Å². The van der Waals surface area contributed by atoms with Crippen molar-refractivity contribution < 1.29 is 19.1 Å². The molecule has 0 spiro atoms. The summed E-state index contributed by atoms with van der Waals surface area (Å²) in [6.07, 6.45) is -0.409. The molecule has 0 aromatic heterocycles. The molecule has 2 amide bonds.